The number of hydroxylamine groups is 2. The van der Waals surface area contributed by atoms with Crippen molar-refractivity contribution in [2.75, 3.05) is 11.4 Å². The Bertz CT molecular complexity index is 1010. The fourth-order valence-corrected chi connectivity index (χ4v) is 3.86. The van der Waals surface area contributed by atoms with Gasteiger partial charge in [0.05, 0.1) is 28.7 Å². The maximum atomic E-state index is 12.8. The Balaban J connectivity index is 1.84. The van der Waals surface area contributed by atoms with Gasteiger partial charge in [0.25, 0.3) is 5.91 Å². The van der Waals surface area contributed by atoms with Crippen LogP contribution in [-0.2, 0) is 20.8 Å². The van der Waals surface area contributed by atoms with E-state index in [1.54, 1.807) is 11.0 Å². The van der Waals surface area contributed by atoms with E-state index in [4.69, 9.17) is 16.9 Å². The molecular formula is C18H15ClF3N5O3S. The van der Waals surface area contributed by atoms with Crippen molar-refractivity contribution in [3.8, 4) is 6.07 Å². The highest BCUT2D eigenvalue weighted by Crippen LogP contribution is 2.34. The van der Waals surface area contributed by atoms with Crippen molar-refractivity contribution in [1.82, 2.24) is 15.0 Å². The van der Waals surface area contributed by atoms with Crippen molar-refractivity contribution >= 4 is 41.8 Å². The predicted octanol–water partition coefficient (Wildman–Crippen LogP) is 2.86. The van der Waals surface area contributed by atoms with Gasteiger partial charge in [-0.05, 0) is 24.6 Å². The smallest absolute Gasteiger partial charge is 0.357 e. The number of thiol groups is 1. The van der Waals surface area contributed by atoms with Crippen molar-refractivity contribution in [2.24, 2.45) is 0 Å². The van der Waals surface area contributed by atoms with Gasteiger partial charge in [0.2, 0.25) is 0 Å². The number of nitriles is 1. The lowest BCUT2D eigenvalue weighted by Gasteiger charge is -2.32. The lowest BCUT2D eigenvalue weighted by atomic mass is 10.2. The fraction of sp³-hybridized carbons (Fsp3) is 0.333. The van der Waals surface area contributed by atoms with Crippen LogP contribution < -0.4 is 4.90 Å². The van der Waals surface area contributed by atoms with Crippen LogP contribution in [-0.4, -0.2) is 51.0 Å². The third kappa shape index (κ3) is 5.05. The van der Waals surface area contributed by atoms with Gasteiger partial charge in [-0.25, -0.2) is 9.78 Å². The molecule has 1 saturated heterocycles. The molecule has 1 amide bonds. The largest absolute Gasteiger partial charge is 0.493 e. The van der Waals surface area contributed by atoms with Crippen molar-refractivity contribution in [3.05, 3.63) is 47.0 Å². The molecule has 2 heterocycles. The van der Waals surface area contributed by atoms with Gasteiger partial charge in [-0.2, -0.15) is 36.1 Å². The standard InChI is InChI=1S/C18H15ClF3N5O3S/c19-13-6-12(2-1-10(13)7-23)26-4-3-14(16(26)31)27(30-17(29)18(20,21)22)15(28)5-11-8-24-9-25-11/h1-2,6,8-9,14,16,31H,3-5H2,(H,24,25)/t14-,16+/m1/s1. The average molecular weight is 474 g/mol. The second kappa shape index (κ2) is 9.07. The van der Waals surface area contributed by atoms with Crippen LogP contribution >= 0.6 is 24.2 Å². The maximum Gasteiger partial charge on any atom is 0.493 e. The number of carbonyl (C=O) groups excluding carboxylic acids is 2. The molecule has 3 rings (SSSR count). The molecule has 1 N–H and O–H groups in total. The van der Waals surface area contributed by atoms with Crippen LogP contribution in [0.1, 0.15) is 17.7 Å². The molecule has 31 heavy (non-hydrogen) atoms. The summed E-state index contributed by atoms with van der Waals surface area (Å²) in [5.41, 5.74) is 1.14. The van der Waals surface area contributed by atoms with Gasteiger partial charge in [0.1, 0.15) is 12.1 Å². The Morgan fingerprint density at radius 2 is 2.19 bits per heavy atom. The summed E-state index contributed by atoms with van der Waals surface area (Å²) >= 11 is 10.5. The number of hydrogen-bond acceptors (Lipinski definition) is 7. The number of aromatic nitrogens is 2. The summed E-state index contributed by atoms with van der Waals surface area (Å²) in [6, 6.07) is 5.58. The number of amides is 1. The van der Waals surface area contributed by atoms with Crippen LogP contribution in [0.25, 0.3) is 0 Å². The van der Waals surface area contributed by atoms with E-state index in [0.29, 0.717) is 23.0 Å². The summed E-state index contributed by atoms with van der Waals surface area (Å²) in [7, 11) is 0. The summed E-state index contributed by atoms with van der Waals surface area (Å²) in [4.78, 5) is 36.7. The third-order valence-corrected chi connectivity index (χ3v) is 5.53. The normalized spacial score (nSPS) is 18.5. The first-order chi connectivity index (χ1) is 14.6. The van der Waals surface area contributed by atoms with E-state index in [9.17, 15) is 22.8 Å². The zero-order valence-corrected chi connectivity index (χ0v) is 17.3. The zero-order valence-electron chi connectivity index (χ0n) is 15.6. The van der Waals surface area contributed by atoms with E-state index < -0.39 is 29.5 Å². The Kier molecular flexibility index (Phi) is 6.66. The number of carbonyl (C=O) groups is 2. The summed E-state index contributed by atoms with van der Waals surface area (Å²) in [5, 5.41) is 8.82. The molecule has 164 valence electrons. The van der Waals surface area contributed by atoms with Gasteiger partial charge in [0, 0.05) is 24.1 Å². The van der Waals surface area contributed by atoms with Crippen LogP contribution in [0.15, 0.2) is 30.7 Å². The molecule has 1 aliphatic heterocycles. The maximum absolute atomic E-state index is 12.8. The van der Waals surface area contributed by atoms with E-state index in [-0.39, 0.29) is 23.4 Å². The van der Waals surface area contributed by atoms with Gasteiger partial charge in [0.15, 0.2) is 0 Å². The zero-order chi connectivity index (χ0) is 22.8. The molecular weight excluding hydrogens is 459 g/mol. The first-order valence-corrected chi connectivity index (χ1v) is 9.74. The summed E-state index contributed by atoms with van der Waals surface area (Å²) in [6.45, 7) is 0.290. The first-order valence-electron chi connectivity index (χ1n) is 8.84. The van der Waals surface area contributed by atoms with Crippen molar-refractivity contribution in [3.63, 3.8) is 0 Å². The number of H-pyrrole nitrogens is 1. The minimum atomic E-state index is -5.28. The number of anilines is 1. The molecule has 0 aliphatic carbocycles. The molecule has 0 saturated carbocycles. The van der Waals surface area contributed by atoms with E-state index in [1.807, 2.05) is 6.07 Å². The van der Waals surface area contributed by atoms with Gasteiger partial charge in [-0.15, -0.1) is 0 Å². The number of hydrogen-bond donors (Lipinski definition) is 2. The number of aromatic amines is 1. The molecule has 1 fully saturated rings. The highest BCUT2D eigenvalue weighted by Gasteiger charge is 2.47. The third-order valence-electron chi connectivity index (χ3n) is 4.59. The molecule has 2 atom stereocenters. The number of alkyl halides is 3. The Morgan fingerprint density at radius 3 is 2.77 bits per heavy atom. The fourth-order valence-electron chi connectivity index (χ4n) is 3.12. The number of rotatable bonds is 4. The molecule has 0 bridgehead atoms. The first kappa shape index (κ1) is 22.8. The van der Waals surface area contributed by atoms with E-state index in [1.165, 1.54) is 24.7 Å². The van der Waals surface area contributed by atoms with Gasteiger partial charge < -0.3 is 14.7 Å². The van der Waals surface area contributed by atoms with Gasteiger partial charge >= 0.3 is 12.1 Å². The summed E-state index contributed by atoms with van der Waals surface area (Å²) in [5.74, 6) is -3.38. The lowest BCUT2D eigenvalue weighted by molar-refractivity contribution is -0.242. The van der Waals surface area contributed by atoms with Gasteiger partial charge in [-0.1, -0.05) is 11.6 Å². The molecule has 8 nitrogen and oxygen atoms in total. The second-order valence-electron chi connectivity index (χ2n) is 6.59. The Hall–Kier alpha value is -2.91. The minimum absolute atomic E-state index is 0.172. The molecule has 1 aromatic heterocycles. The summed E-state index contributed by atoms with van der Waals surface area (Å²) < 4.78 is 38.4. The van der Waals surface area contributed by atoms with Crippen molar-refractivity contribution in [1.29, 1.82) is 5.26 Å². The molecule has 0 spiro atoms. The number of benzene rings is 1. The number of nitrogens with zero attached hydrogens (tertiary/aromatic N) is 4. The minimum Gasteiger partial charge on any atom is -0.357 e. The van der Waals surface area contributed by atoms with E-state index in [0.717, 1.165) is 0 Å². The average Bonchev–Trinajstić information content (AvgIpc) is 3.34. The number of imidazole rings is 1. The van der Waals surface area contributed by atoms with E-state index in [2.05, 4.69) is 27.4 Å². The van der Waals surface area contributed by atoms with Crippen molar-refractivity contribution < 1.29 is 27.6 Å². The molecule has 0 radical (unpaired) electrons. The van der Waals surface area contributed by atoms with Gasteiger partial charge in [-0.3, -0.25) is 4.79 Å². The molecule has 13 heteroatoms. The SMILES string of the molecule is N#Cc1ccc(N2CC[C@@H](N(OC(=O)C(F)(F)F)C(=O)Cc3cnc[nH]3)[C@@H]2S)cc1Cl. The molecule has 0 unspecified atom stereocenters. The Morgan fingerprint density at radius 1 is 1.45 bits per heavy atom. The lowest BCUT2D eigenvalue weighted by Crippen LogP contribution is -2.49. The quantitative estimate of drug-likeness (QED) is 0.523. The van der Waals surface area contributed by atoms with Crippen LogP contribution in [0.2, 0.25) is 5.02 Å². The predicted molar refractivity (Wildman–Crippen MR) is 106 cm³/mol. The monoisotopic (exact) mass is 473 g/mol. The van der Waals surface area contributed by atoms with Crippen LogP contribution in [0.3, 0.4) is 0 Å². The Labute approximate surface area is 184 Å². The molecule has 2 aromatic rings. The summed E-state index contributed by atoms with van der Waals surface area (Å²) in [6.07, 6.45) is -2.82. The topological polar surface area (TPSA) is 102 Å². The van der Waals surface area contributed by atoms with Crippen LogP contribution in [0.5, 0.6) is 0 Å². The molecule has 1 aromatic carbocycles. The van der Waals surface area contributed by atoms with Crippen LogP contribution in [0, 0.1) is 11.3 Å². The number of halogens is 4. The second-order valence-corrected chi connectivity index (χ2v) is 7.52. The van der Waals surface area contributed by atoms with E-state index >= 15 is 0 Å². The highest BCUT2D eigenvalue weighted by atomic mass is 35.5. The highest BCUT2D eigenvalue weighted by molar-refractivity contribution is 7.81. The molecule has 1 aliphatic rings. The number of nitrogens with one attached hydrogen (secondary N) is 1. The van der Waals surface area contributed by atoms with Crippen molar-refractivity contribution in [2.45, 2.75) is 30.4 Å². The van der Waals surface area contributed by atoms with Crippen LogP contribution in [0.4, 0.5) is 18.9 Å².